The first-order valence-corrected chi connectivity index (χ1v) is 14.3. The summed E-state index contributed by atoms with van der Waals surface area (Å²) in [6, 6.07) is 8.97. The number of sulfone groups is 1. The molecular formula is C28H39N3O4S. The van der Waals surface area contributed by atoms with Crippen LogP contribution >= 0.6 is 0 Å². The minimum Gasteiger partial charge on any atom is -0.339 e. The highest BCUT2D eigenvalue weighted by molar-refractivity contribution is 7.92. The molecule has 1 fully saturated rings. The lowest BCUT2D eigenvalue weighted by molar-refractivity contribution is 0.0126. The Labute approximate surface area is 215 Å². The number of hydrogen-bond donors (Lipinski definition) is 0. The Morgan fingerprint density at radius 1 is 0.972 bits per heavy atom. The molecule has 2 aromatic rings. The third-order valence-electron chi connectivity index (χ3n) is 7.99. The van der Waals surface area contributed by atoms with Crippen LogP contribution in [0.1, 0.15) is 79.6 Å². The third kappa shape index (κ3) is 4.32. The summed E-state index contributed by atoms with van der Waals surface area (Å²) in [6.45, 7) is 13.8. The minimum absolute atomic E-state index is 0.0705. The normalized spacial score (nSPS) is 18.5. The molecule has 0 aliphatic carbocycles. The number of hydrogen-bond acceptors (Lipinski definition) is 5. The number of benzene rings is 1. The maximum atomic E-state index is 13.4. The second kappa shape index (κ2) is 9.14. The highest BCUT2D eigenvalue weighted by Crippen LogP contribution is 2.42. The number of carbonyl (C=O) groups excluding carboxylic acids is 2. The number of Topliss-reactive ketones (excluding diaryl/α,β-unsaturated/α-hetero) is 1. The van der Waals surface area contributed by atoms with Gasteiger partial charge in [-0.15, -0.1) is 0 Å². The number of aromatic nitrogens is 1. The van der Waals surface area contributed by atoms with Gasteiger partial charge in [-0.3, -0.25) is 14.5 Å². The number of nitrogens with zero attached hydrogens (tertiary/aromatic N) is 3. The summed E-state index contributed by atoms with van der Waals surface area (Å²) in [5, 5.41) is -0.512. The Morgan fingerprint density at radius 3 is 2.17 bits per heavy atom. The van der Waals surface area contributed by atoms with Crippen molar-refractivity contribution in [2.24, 2.45) is 5.41 Å². The van der Waals surface area contributed by atoms with E-state index in [0.29, 0.717) is 24.2 Å². The van der Waals surface area contributed by atoms with E-state index in [2.05, 4.69) is 22.6 Å². The van der Waals surface area contributed by atoms with E-state index < -0.39 is 20.5 Å². The van der Waals surface area contributed by atoms with Gasteiger partial charge in [0.1, 0.15) is 0 Å². The van der Waals surface area contributed by atoms with E-state index in [0.717, 1.165) is 37.3 Å². The zero-order valence-electron chi connectivity index (χ0n) is 22.6. The molecule has 36 heavy (non-hydrogen) atoms. The highest BCUT2D eigenvalue weighted by atomic mass is 32.2. The summed E-state index contributed by atoms with van der Waals surface area (Å²) in [6.07, 6.45) is 1.56. The summed E-state index contributed by atoms with van der Waals surface area (Å²) >= 11 is 0. The van der Waals surface area contributed by atoms with Gasteiger partial charge in [-0.25, -0.2) is 8.42 Å². The van der Waals surface area contributed by atoms with Crippen molar-refractivity contribution in [2.45, 2.75) is 76.6 Å². The molecule has 1 aromatic heterocycles. The number of ketones is 1. The number of aryl methyl sites for hydroxylation is 1. The molecule has 3 heterocycles. The third-order valence-corrected chi connectivity index (χ3v) is 10.3. The molecule has 2 aliphatic rings. The molecule has 0 bridgehead atoms. The van der Waals surface area contributed by atoms with Gasteiger partial charge in [-0.2, -0.15) is 0 Å². The fourth-order valence-electron chi connectivity index (χ4n) is 5.61. The molecular weight excluding hydrogens is 474 g/mol. The van der Waals surface area contributed by atoms with Crippen molar-refractivity contribution in [1.29, 1.82) is 0 Å². The van der Waals surface area contributed by atoms with Crippen LogP contribution in [0.5, 0.6) is 0 Å². The lowest BCUT2D eigenvalue weighted by Gasteiger charge is -2.50. The Hall–Kier alpha value is -2.45. The molecule has 196 valence electrons. The number of likely N-dealkylation sites (N-methyl/N-ethyl adjacent to an activating group) is 1. The maximum Gasteiger partial charge on any atom is 0.253 e. The molecule has 1 aromatic carbocycles. The predicted octanol–water partition coefficient (Wildman–Crippen LogP) is 4.28. The molecule has 8 heteroatoms. The van der Waals surface area contributed by atoms with Crippen molar-refractivity contribution < 1.29 is 18.0 Å². The minimum atomic E-state index is -3.40. The predicted molar refractivity (Wildman–Crippen MR) is 141 cm³/mol. The molecule has 0 radical (unpaired) electrons. The summed E-state index contributed by atoms with van der Waals surface area (Å²) in [5.41, 5.74) is 2.40. The number of likely N-dealkylation sites (tertiary alicyclic amines) is 1. The van der Waals surface area contributed by atoms with Crippen molar-refractivity contribution >= 4 is 21.5 Å². The second-order valence-electron chi connectivity index (χ2n) is 11.7. The summed E-state index contributed by atoms with van der Waals surface area (Å²) in [5.74, 6) is 0.0817. The highest BCUT2D eigenvalue weighted by Gasteiger charge is 2.45. The van der Waals surface area contributed by atoms with E-state index in [1.165, 1.54) is 0 Å². The van der Waals surface area contributed by atoms with Crippen molar-refractivity contribution in [3.05, 3.63) is 52.8 Å². The van der Waals surface area contributed by atoms with Crippen LogP contribution in [0.15, 0.2) is 35.2 Å². The van der Waals surface area contributed by atoms with Gasteiger partial charge in [0.2, 0.25) is 0 Å². The molecule has 0 N–H and O–H groups in total. The first-order valence-electron chi connectivity index (χ1n) is 12.8. The quantitative estimate of drug-likeness (QED) is 0.570. The van der Waals surface area contributed by atoms with Crippen LogP contribution in [0, 0.1) is 12.3 Å². The monoisotopic (exact) mass is 513 g/mol. The first kappa shape index (κ1) is 26.6. The Balaban J connectivity index is 1.56. The van der Waals surface area contributed by atoms with Gasteiger partial charge in [0.15, 0.2) is 15.6 Å². The lowest BCUT2D eigenvalue weighted by atomic mass is 9.81. The maximum absolute atomic E-state index is 13.4. The number of rotatable bonds is 4. The van der Waals surface area contributed by atoms with E-state index >= 15 is 0 Å². The average Bonchev–Trinajstić information content (AvgIpc) is 3.25. The molecule has 0 atom stereocenters. The molecule has 0 unspecified atom stereocenters. The van der Waals surface area contributed by atoms with E-state index in [1.54, 1.807) is 39.0 Å². The standard InChI is InChI=1S/C28H39N3O4S/c1-19(2)36(34,35)23-10-8-21(18-20(23)3)26(33)30-14-12-28(13-15-30)24-11-9-22(25(32)27(4,5)6)31(24)17-16-29(28)7/h8-11,18-19H,12-17H2,1-7H3. The topological polar surface area (TPSA) is 79.7 Å². The van der Waals surface area contributed by atoms with Gasteiger partial charge < -0.3 is 9.47 Å². The number of fused-ring (bicyclic) bond motifs is 2. The molecule has 1 spiro atoms. The van der Waals surface area contributed by atoms with Crippen LogP contribution < -0.4 is 0 Å². The summed E-state index contributed by atoms with van der Waals surface area (Å²) < 4.78 is 27.4. The second-order valence-corrected chi connectivity index (χ2v) is 14.1. The van der Waals surface area contributed by atoms with Crippen LogP contribution in [-0.2, 0) is 21.9 Å². The summed E-state index contributed by atoms with van der Waals surface area (Å²) in [4.78, 5) is 31.0. The first-order chi connectivity index (χ1) is 16.7. The molecule has 0 saturated carbocycles. The van der Waals surface area contributed by atoms with Crippen LogP contribution in [0.4, 0.5) is 0 Å². The zero-order valence-corrected chi connectivity index (χ0v) is 23.4. The fourth-order valence-corrected chi connectivity index (χ4v) is 6.89. The van der Waals surface area contributed by atoms with Gasteiger partial charge in [0.05, 0.1) is 21.4 Å². The molecule has 2 aliphatic heterocycles. The van der Waals surface area contributed by atoms with Crippen LogP contribution in [0.2, 0.25) is 0 Å². The largest absolute Gasteiger partial charge is 0.339 e. The number of carbonyl (C=O) groups is 2. The lowest BCUT2D eigenvalue weighted by Crippen LogP contribution is -2.56. The smallest absolute Gasteiger partial charge is 0.253 e. The van der Waals surface area contributed by atoms with Crippen molar-refractivity contribution in [3.63, 3.8) is 0 Å². The van der Waals surface area contributed by atoms with E-state index in [1.807, 2.05) is 31.7 Å². The van der Waals surface area contributed by atoms with Gasteiger partial charge in [-0.1, -0.05) is 20.8 Å². The van der Waals surface area contributed by atoms with E-state index in [4.69, 9.17) is 0 Å². The molecule has 1 saturated heterocycles. The SMILES string of the molecule is Cc1cc(C(=O)N2CCC3(CC2)c2ccc(C(=O)C(C)(C)C)n2CCN3C)ccc1S(=O)(=O)C(C)C. The van der Waals surface area contributed by atoms with Gasteiger partial charge >= 0.3 is 0 Å². The Bertz CT molecular complexity index is 1290. The average molecular weight is 514 g/mol. The van der Waals surface area contributed by atoms with Crippen LogP contribution in [0.3, 0.4) is 0 Å². The number of amides is 1. The molecule has 1 amide bonds. The number of piperidine rings is 1. The van der Waals surface area contributed by atoms with Gasteiger partial charge in [0, 0.05) is 42.9 Å². The van der Waals surface area contributed by atoms with Gasteiger partial charge in [-0.05, 0) is 76.6 Å². The molecule has 7 nitrogen and oxygen atoms in total. The Morgan fingerprint density at radius 2 is 1.61 bits per heavy atom. The van der Waals surface area contributed by atoms with Crippen molar-refractivity contribution in [2.75, 3.05) is 26.7 Å². The van der Waals surface area contributed by atoms with E-state index in [-0.39, 0.29) is 22.1 Å². The molecule has 4 rings (SSSR count). The van der Waals surface area contributed by atoms with Gasteiger partial charge in [0.25, 0.3) is 5.91 Å². The van der Waals surface area contributed by atoms with Crippen LogP contribution in [-0.4, -0.2) is 66.4 Å². The zero-order chi connectivity index (χ0) is 26.6. The van der Waals surface area contributed by atoms with Crippen molar-refractivity contribution in [1.82, 2.24) is 14.4 Å². The Kier molecular flexibility index (Phi) is 6.75. The summed E-state index contributed by atoms with van der Waals surface area (Å²) in [7, 11) is -1.26. The van der Waals surface area contributed by atoms with Crippen molar-refractivity contribution in [3.8, 4) is 0 Å². The fraction of sp³-hybridized carbons (Fsp3) is 0.571. The van der Waals surface area contributed by atoms with Crippen LogP contribution in [0.25, 0.3) is 0 Å². The van der Waals surface area contributed by atoms with E-state index in [9.17, 15) is 18.0 Å².